The molecule has 0 saturated carbocycles. The Bertz CT molecular complexity index is 3550. The van der Waals surface area contributed by atoms with Gasteiger partial charge in [0.05, 0.1) is 34.1 Å². The van der Waals surface area contributed by atoms with E-state index in [9.17, 15) is 5.26 Å². The molecule has 0 unspecified atom stereocenters. The van der Waals surface area contributed by atoms with Crippen molar-refractivity contribution in [2.24, 2.45) is 0 Å². The van der Waals surface area contributed by atoms with Crippen molar-refractivity contribution < 1.29 is 0 Å². The summed E-state index contributed by atoms with van der Waals surface area (Å²) in [4.78, 5) is 9.37. The van der Waals surface area contributed by atoms with E-state index in [2.05, 4.69) is 172 Å². The number of fused-ring (bicyclic) bond motifs is 3. The third-order valence-electron chi connectivity index (χ3n) is 12.2. The standard InChI is InChI=1S/C57H34N4/c58-35-36-12-22-50-51-23-21-39(34-55(51)61(54(50)26-36)49-8-2-1-3-9-49)37-13-15-38(16-14-37)44-27-40-17-19-42-29-45(30-43-20-18-41(28-44)56(40)57(42)43)46-31-47(52-10-4-6-24-59-52)33-48(32-46)53-11-5-7-25-60-53/h1-34H. The lowest BCUT2D eigenvalue weighted by atomic mass is 9.88. The molecule has 3 heterocycles. The molecule has 0 aliphatic heterocycles. The third-order valence-corrected chi connectivity index (χ3v) is 12.2. The molecule has 0 fully saturated rings. The molecule has 4 heteroatoms. The van der Waals surface area contributed by atoms with Gasteiger partial charge in [-0.1, -0.05) is 97.1 Å². The van der Waals surface area contributed by atoms with E-state index in [1.807, 2.05) is 54.9 Å². The predicted molar refractivity (Wildman–Crippen MR) is 252 cm³/mol. The van der Waals surface area contributed by atoms with Crippen LogP contribution in [0.1, 0.15) is 5.56 Å². The number of benzene rings is 9. The molecule has 0 bridgehead atoms. The first-order chi connectivity index (χ1) is 30.1. The Morgan fingerprint density at radius 1 is 0.361 bits per heavy atom. The first kappa shape index (κ1) is 34.6. The van der Waals surface area contributed by atoms with Crippen molar-refractivity contribution >= 4 is 54.1 Å². The minimum Gasteiger partial charge on any atom is -0.309 e. The molecule has 0 amide bonds. The van der Waals surface area contributed by atoms with Crippen LogP contribution >= 0.6 is 0 Å². The van der Waals surface area contributed by atoms with Crippen LogP contribution in [0.4, 0.5) is 0 Å². The molecule has 282 valence electrons. The van der Waals surface area contributed by atoms with Crippen molar-refractivity contribution in [3.05, 3.63) is 212 Å². The molecule has 12 aromatic rings. The summed E-state index contributed by atoms with van der Waals surface area (Å²) in [6, 6.07) is 71.5. The molecular weight excluding hydrogens is 741 g/mol. The van der Waals surface area contributed by atoms with E-state index in [1.165, 1.54) is 48.8 Å². The molecule has 4 nitrogen and oxygen atoms in total. The molecule has 0 radical (unpaired) electrons. The highest BCUT2D eigenvalue weighted by molar-refractivity contribution is 6.24. The van der Waals surface area contributed by atoms with Crippen molar-refractivity contribution in [1.29, 1.82) is 5.26 Å². The number of hydrogen-bond acceptors (Lipinski definition) is 3. The van der Waals surface area contributed by atoms with Gasteiger partial charge in [-0.3, -0.25) is 9.97 Å². The summed E-state index contributed by atoms with van der Waals surface area (Å²) in [5.74, 6) is 0. The Balaban J connectivity index is 0.915. The fourth-order valence-corrected chi connectivity index (χ4v) is 9.31. The predicted octanol–water partition coefficient (Wildman–Crippen LogP) is 14.7. The Hall–Kier alpha value is -8.39. The Labute approximate surface area is 352 Å². The minimum absolute atomic E-state index is 0.652. The molecular formula is C57H34N4. The summed E-state index contributed by atoms with van der Waals surface area (Å²) in [6.45, 7) is 0. The lowest BCUT2D eigenvalue weighted by Gasteiger charge is -2.16. The van der Waals surface area contributed by atoms with Gasteiger partial charge in [0.2, 0.25) is 0 Å². The van der Waals surface area contributed by atoms with Crippen molar-refractivity contribution in [1.82, 2.24) is 14.5 Å². The molecule has 0 saturated heterocycles. The first-order valence-electron chi connectivity index (χ1n) is 20.5. The zero-order valence-electron chi connectivity index (χ0n) is 32.9. The highest BCUT2D eigenvalue weighted by Gasteiger charge is 2.17. The smallest absolute Gasteiger partial charge is 0.0992 e. The largest absolute Gasteiger partial charge is 0.309 e. The highest BCUT2D eigenvalue weighted by atomic mass is 15.0. The molecule has 0 atom stereocenters. The van der Waals surface area contributed by atoms with Crippen LogP contribution in [0.15, 0.2) is 207 Å². The van der Waals surface area contributed by atoms with Crippen molar-refractivity contribution in [2.75, 3.05) is 0 Å². The number of aromatic nitrogens is 3. The fraction of sp³-hybridized carbons (Fsp3) is 0. The summed E-state index contributed by atoms with van der Waals surface area (Å²) in [6.07, 6.45) is 3.69. The van der Waals surface area contributed by atoms with Crippen molar-refractivity contribution in [3.8, 4) is 67.7 Å². The van der Waals surface area contributed by atoms with E-state index in [4.69, 9.17) is 0 Å². The maximum absolute atomic E-state index is 9.71. The SMILES string of the molecule is N#Cc1ccc2c3ccc(-c4ccc(-c5cc6ccc7cc(-c8cc(-c9ccccn9)cc(-c9ccccn9)c8)cc8ccc(c5)c6c78)cc4)cc3n(-c3ccccc3)c2c1. The Morgan fingerprint density at radius 3 is 1.36 bits per heavy atom. The van der Waals surface area contributed by atoms with Crippen LogP contribution in [0, 0.1) is 11.3 Å². The van der Waals surface area contributed by atoms with Gasteiger partial charge in [-0.15, -0.1) is 0 Å². The van der Waals surface area contributed by atoms with Crippen LogP contribution in [0.5, 0.6) is 0 Å². The second-order valence-corrected chi connectivity index (χ2v) is 15.8. The third kappa shape index (κ3) is 5.83. The quantitative estimate of drug-likeness (QED) is 0.158. The molecule has 0 N–H and O–H groups in total. The Kier molecular flexibility index (Phi) is 7.88. The van der Waals surface area contributed by atoms with E-state index in [0.717, 1.165) is 66.9 Å². The molecule has 0 aliphatic carbocycles. The van der Waals surface area contributed by atoms with Crippen LogP contribution < -0.4 is 0 Å². The highest BCUT2D eigenvalue weighted by Crippen LogP contribution is 2.42. The normalized spacial score (nSPS) is 11.6. The number of nitriles is 1. The zero-order valence-corrected chi connectivity index (χ0v) is 32.9. The molecule has 61 heavy (non-hydrogen) atoms. The van der Waals surface area contributed by atoms with Gasteiger partial charge >= 0.3 is 0 Å². The van der Waals surface area contributed by atoms with Gasteiger partial charge < -0.3 is 4.57 Å². The van der Waals surface area contributed by atoms with Gasteiger partial charge in [0.25, 0.3) is 0 Å². The Morgan fingerprint density at radius 2 is 0.820 bits per heavy atom. The van der Waals surface area contributed by atoms with Gasteiger partial charge in [-0.2, -0.15) is 5.26 Å². The minimum atomic E-state index is 0.652. The number of rotatable bonds is 6. The van der Waals surface area contributed by atoms with E-state index in [0.29, 0.717) is 5.56 Å². The summed E-state index contributed by atoms with van der Waals surface area (Å²) >= 11 is 0. The summed E-state index contributed by atoms with van der Waals surface area (Å²) < 4.78 is 2.27. The summed E-state index contributed by atoms with van der Waals surface area (Å²) in [7, 11) is 0. The van der Waals surface area contributed by atoms with Crippen LogP contribution in [-0.4, -0.2) is 14.5 Å². The maximum Gasteiger partial charge on any atom is 0.0992 e. The van der Waals surface area contributed by atoms with Gasteiger partial charge in [-0.05, 0) is 163 Å². The monoisotopic (exact) mass is 774 g/mol. The molecule has 12 rings (SSSR count). The molecule has 0 aliphatic rings. The van der Waals surface area contributed by atoms with Crippen LogP contribution in [0.2, 0.25) is 0 Å². The van der Waals surface area contributed by atoms with E-state index < -0.39 is 0 Å². The van der Waals surface area contributed by atoms with Gasteiger partial charge in [0.1, 0.15) is 0 Å². The topological polar surface area (TPSA) is 54.5 Å². The van der Waals surface area contributed by atoms with Crippen LogP contribution in [-0.2, 0) is 0 Å². The van der Waals surface area contributed by atoms with Crippen molar-refractivity contribution in [2.45, 2.75) is 0 Å². The van der Waals surface area contributed by atoms with E-state index in [1.54, 1.807) is 0 Å². The fourth-order valence-electron chi connectivity index (χ4n) is 9.31. The molecule has 9 aromatic carbocycles. The van der Waals surface area contributed by atoms with Crippen LogP contribution in [0.25, 0.3) is 116 Å². The average molecular weight is 775 g/mol. The second kappa shape index (κ2) is 13.9. The van der Waals surface area contributed by atoms with Crippen molar-refractivity contribution in [3.63, 3.8) is 0 Å². The number of hydrogen-bond donors (Lipinski definition) is 0. The summed E-state index contributed by atoms with van der Waals surface area (Å²) in [5.41, 5.74) is 14.8. The second-order valence-electron chi connectivity index (χ2n) is 15.8. The number of nitrogens with zero attached hydrogens (tertiary/aromatic N) is 4. The lowest BCUT2D eigenvalue weighted by molar-refractivity contribution is 1.18. The zero-order chi connectivity index (χ0) is 40.4. The van der Waals surface area contributed by atoms with Gasteiger partial charge in [0, 0.05) is 40.0 Å². The average Bonchev–Trinajstić information content (AvgIpc) is 3.66. The molecule has 0 spiro atoms. The van der Waals surface area contributed by atoms with E-state index >= 15 is 0 Å². The maximum atomic E-state index is 9.71. The number of pyridine rings is 2. The molecule has 3 aromatic heterocycles. The van der Waals surface area contributed by atoms with Crippen LogP contribution in [0.3, 0.4) is 0 Å². The first-order valence-corrected chi connectivity index (χ1v) is 20.5. The van der Waals surface area contributed by atoms with E-state index in [-0.39, 0.29) is 0 Å². The van der Waals surface area contributed by atoms with Gasteiger partial charge in [0.15, 0.2) is 0 Å². The summed E-state index contributed by atoms with van der Waals surface area (Å²) in [5, 5.41) is 19.5. The lowest BCUT2D eigenvalue weighted by Crippen LogP contribution is -1.93. The van der Waals surface area contributed by atoms with Gasteiger partial charge in [-0.25, -0.2) is 0 Å². The number of para-hydroxylation sites is 1.